The normalized spacial score (nSPS) is 11.4. The molecule has 0 bridgehead atoms. The van der Waals surface area contributed by atoms with Gasteiger partial charge in [-0.2, -0.15) is 0 Å². The van der Waals surface area contributed by atoms with Gasteiger partial charge in [-0.25, -0.2) is 0 Å². The smallest absolute Gasteiger partial charge is 0.164 e. The summed E-state index contributed by atoms with van der Waals surface area (Å²) < 4.78 is 0. The lowest BCUT2D eigenvalue weighted by molar-refractivity contribution is 0.0988. The Morgan fingerprint density at radius 3 is 2.35 bits per heavy atom. The van der Waals surface area contributed by atoms with Crippen molar-refractivity contribution in [3.05, 3.63) is 29.8 Å². The molecule has 0 saturated carbocycles. The highest BCUT2D eigenvalue weighted by Gasteiger charge is 2.24. The van der Waals surface area contributed by atoms with E-state index < -0.39 is 0 Å². The third-order valence-electron chi connectivity index (χ3n) is 3.66. The van der Waals surface area contributed by atoms with Crippen LogP contribution < -0.4 is 4.90 Å². The van der Waals surface area contributed by atoms with Crippen molar-refractivity contribution in [2.75, 3.05) is 11.9 Å². The second-order valence-corrected chi connectivity index (χ2v) is 5.02. The quantitative estimate of drug-likeness (QED) is 0.719. The summed E-state index contributed by atoms with van der Waals surface area (Å²) in [5.74, 6) is 0.208. The maximum atomic E-state index is 11.9. The number of nitrogens with zero attached hydrogens (tertiary/aromatic N) is 1. The van der Waals surface area contributed by atoms with Crippen LogP contribution in [0.1, 0.15) is 50.9 Å². The summed E-state index contributed by atoms with van der Waals surface area (Å²) in [6.45, 7) is 8.46. The average Bonchev–Trinajstić information content (AvgIpc) is 2.36. The van der Waals surface area contributed by atoms with E-state index in [1.807, 2.05) is 31.2 Å². The largest absolute Gasteiger partial charge is 0.369 e. The van der Waals surface area contributed by atoms with Gasteiger partial charge in [0.25, 0.3) is 0 Å². The Labute approximate surface area is 105 Å². The maximum Gasteiger partial charge on any atom is 0.164 e. The molecule has 0 aliphatic rings. The molecule has 0 amide bonds. The molecule has 0 saturated heterocycles. The van der Waals surface area contributed by atoms with E-state index in [9.17, 15) is 4.79 Å². The predicted molar refractivity (Wildman–Crippen MR) is 73.8 cm³/mol. The zero-order valence-electron chi connectivity index (χ0n) is 11.6. The number of hydrogen-bond donors (Lipinski definition) is 0. The highest BCUT2D eigenvalue weighted by molar-refractivity contribution is 6.01. The number of carbonyl (C=O) groups is 1. The summed E-state index contributed by atoms with van der Waals surface area (Å²) in [7, 11) is 2.06. The van der Waals surface area contributed by atoms with Crippen LogP contribution in [0.5, 0.6) is 0 Å². The molecule has 1 aromatic rings. The van der Waals surface area contributed by atoms with E-state index >= 15 is 0 Å². The molecule has 94 valence electrons. The van der Waals surface area contributed by atoms with Gasteiger partial charge in [0.1, 0.15) is 0 Å². The molecule has 0 aromatic heterocycles. The molecule has 0 heterocycles. The Morgan fingerprint density at radius 1 is 1.24 bits per heavy atom. The van der Waals surface area contributed by atoms with Crippen molar-refractivity contribution < 1.29 is 4.79 Å². The molecule has 1 rings (SSSR count). The fourth-order valence-corrected chi connectivity index (χ4v) is 1.76. The number of rotatable bonds is 5. The van der Waals surface area contributed by atoms with Crippen molar-refractivity contribution in [2.24, 2.45) is 0 Å². The second kappa shape index (κ2) is 5.35. The van der Waals surface area contributed by atoms with E-state index in [2.05, 4.69) is 32.7 Å². The summed E-state index contributed by atoms with van der Waals surface area (Å²) >= 11 is 0. The van der Waals surface area contributed by atoms with Crippen LogP contribution >= 0.6 is 0 Å². The molecule has 0 radical (unpaired) electrons. The number of hydrogen-bond acceptors (Lipinski definition) is 2. The van der Waals surface area contributed by atoms with Gasteiger partial charge in [-0.3, -0.25) is 4.79 Å². The lowest BCUT2D eigenvalue weighted by atomic mass is 9.97. The summed E-state index contributed by atoms with van der Waals surface area (Å²) in [4.78, 5) is 14.1. The fourth-order valence-electron chi connectivity index (χ4n) is 1.76. The lowest BCUT2D eigenvalue weighted by Gasteiger charge is -2.37. The Balaban J connectivity index is 3.18. The van der Waals surface area contributed by atoms with Crippen molar-refractivity contribution in [1.82, 2.24) is 0 Å². The highest BCUT2D eigenvalue weighted by atomic mass is 16.1. The van der Waals surface area contributed by atoms with Crippen LogP contribution in [0, 0.1) is 0 Å². The Hall–Kier alpha value is -1.31. The first-order valence-electron chi connectivity index (χ1n) is 6.30. The zero-order valence-corrected chi connectivity index (χ0v) is 11.6. The van der Waals surface area contributed by atoms with Gasteiger partial charge in [-0.1, -0.05) is 26.0 Å². The molecule has 0 aliphatic heterocycles. The predicted octanol–water partition coefficient (Wildman–Crippen LogP) is 3.90. The summed E-state index contributed by atoms with van der Waals surface area (Å²) in [5.41, 5.74) is 1.93. The van der Waals surface area contributed by atoms with Crippen LogP contribution in [0.15, 0.2) is 24.3 Å². The highest BCUT2D eigenvalue weighted by Crippen LogP contribution is 2.28. The van der Waals surface area contributed by atoms with Crippen LogP contribution in [0.2, 0.25) is 0 Å². The van der Waals surface area contributed by atoms with Crippen molar-refractivity contribution in [3.63, 3.8) is 0 Å². The first kappa shape index (κ1) is 13.8. The van der Waals surface area contributed by atoms with Gasteiger partial charge in [-0.15, -0.1) is 0 Å². The van der Waals surface area contributed by atoms with E-state index in [4.69, 9.17) is 0 Å². The Morgan fingerprint density at radius 2 is 1.82 bits per heavy atom. The molecular formula is C15H23NO. The number of benzene rings is 1. The van der Waals surface area contributed by atoms with Gasteiger partial charge in [0.2, 0.25) is 0 Å². The second-order valence-electron chi connectivity index (χ2n) is 5.02. The molecule has 2 heteroatoms. The number of ketones is 1. The topological polar surface area (TPSA) is 20.3 Å². The van der Waals surface area contributed by atoms with Gasteiger partial charge in [0.15, 0.2) is 5.78 Å². The molecule has 2 nitrogen and oxygen atoms in total. The standard InChI is InChI=1S/C15H23NO/c1-6-14(17)12-10-8-9-11-13(12)16(5)15(3,4)7-2/h8-11H,6-7H2,1-5H3. The Kier molecular flexibility index (Phi) is 4.33. The van der Waals surface area contributed by atoms with Gasteiger partial charge in [-0.05, 0) is 32.4 Å². The third kappa shape index (κ3) is 2.87. The van der Waals surface area contributed by atoms with E-state index in [0.717, 1.165) is 17.7 Å². The first-order chi connectivity index (χ1) is 7.94. The van der Waals surface area contributed by atoms with Gasteiger partial charge < -0.3 is 4.90 Å². The van der Waals surface area contributed by atoms with Crippen molar-refractivity contribution in [1.29, 1.82) is 0 Å². The molecule has 0 aliphatic carbocycles. The zero-order chi connectivity index (χ0) is 13.1. The molecule has 0 atom stereocenters. The van der Waals surface area contributed by atoms with Crippen molar-refractivity contribution in [2.45, 2.75) is 46.1 Å². The van der Waals surface area contributed by atoms with Crippen molar-refractivity contribution >= 4 is 11.5 Å². The molecule has 1 aromatic carbocycles. The monoisotopic (exact) mass is 233 g/mol. The fraction of sp³-hybridized carbons (Fsp3) is 0.533. The number of para-hydroxylation sites is 1. The van der Waals surface area contributed by atoms with Gasteiger partial charge in [0.05, 0.1) is 0 Å². The van der Waals surface area contributed by atoms with E-state index in [-0.39, 0.29) is 11.3 Å². The Bertz CT molecular complexity index is 396. The third-order valence-corrected chi connectivity index (χ3v) is 3.66. The molecular weight excluding hydrogens is 210 g/mol. The summed E-state index contributed by atoms with van der Waals surface area (Å²) in [6.07, 6.45) is 1.59. The molecule has 0 unspecified atom stereocenters. The molecule has 0 spiro atoms. The SMILES string of the molecule is CCC(=O)c1ccccc1N(C)C(C)(C)CC. The molecule has 0 fully saturated rings. The summed E-state index contributed by atoms with van der Waals surface area (Å²) in [6, 6.07) is 7.87. The van der Waals surface area contributed by atoms with Gasteiger partial charge in [0, 0.05) is 30.3 Å². The number of Topliss-reactive ketones (excluding diaryl/α,β-unsaturated/α-hetero) is 1. The van der Waals surface area contributed by atoms with Crippen LogP contribution in [0.4, 0.5) is 5.69 Å². The summed E-state index contributed by atoms with van der Waals surface area (Å²) in [5, 5.41) is 0. The van der Waals surface area contributed by atoms with Crippen LogP contribution in [-0.2, 0) is 0 Å². The molecule has 17 heavy (non-hydrogen) atoms. The minimum Gasteiger partial charge on any atom is -0.369 e. The number of anilines is 1. The number of carbonyl (C=O) groups excluding carboxylic acids is 1. The van der Waals surface area contributed by atoms with Gasteiger partial charge >= 0.3 is 0 Å². The van der Waals surface area contributed by atoms with E-state index in [1.165, 1.54) is 0 Å². The van der Waals surface area contributed by atoms with Crippen LogP contribution in [-0.4, -0.2) is 18.4 Å². The van der Waals surface area contributed by atoms with E-state index in [1.54, 1.807) is 0 Å². The lowest BCUT2D eigenvalue weighted by Crippen LogP contribution is -2.41. The van der Waals surface area contributed by atoms with E-state index in [0.29, 0.717) is 6.42 Å². The average molecular weight is 233 g/mol. The minimum absolute atomic E-state index is 0.0596. The maximum absolute atomic E-state index is 11.9. The minimum atomic E-state index is 0.0596. The first-order valence-corrected chi connectivity index (χ1v) is 6.30. The molecule has 0 N–H and O–H groups in total. The van der Waals surface area contributed by atoms with Crippen LogP contribution in [0.3, 0.4) is 0 Å². The van der Waals surface area contributed by atoms with Crippen LogP contribution in [0.25, 0.3) is 0 Å². The van der Waals surface area contributed by atoms with Crippen molar-refractivity contribution in [3.8, 4) is 0 Å².